The maximum atomic E-state index is 11.3. The van der Waals surface area contributed by atoms with Crippen molar-refractivity contribution >= 4 is 34.4 Å². The van der Waals surface area contributed by atoms with Crippen LogP contribution in [0.1, 0.15) is 23.7 Å². The molecule has 0 fully saturated rings. The van der Waals surface area contributed by atoms with E-state index in [9.17, 15) is 4.79 Å². The van der Waals surface area contributed by atoms with E-state index in [0.29, 0.717) is 17.3 Å². The molecule has 3 nitrogen and oxygen atoms in total. The van der Waals surface area contributed by atoms with Gasteiger partial charge in [0, 0.05) is 16.0 Å². The summed E-state index contributed by atoms with van der Waals surface area (Å²) in [5, 5.41) is 1.49. The van der Waals surface area contributed by atoms with Crippen molar-refractivity contribution in [1.29, 1.82) is 0 Å². The molecule has 0 N–H and O–H groups in total. The predicted molar refractivity (Wildman–Crippen MR) is 102 cm³/mol. The molecule has 0 bridgehead atoms. The quantitative estimate of drug-likeness (QED) is 0.579. The Labute approximate surface area is 151 Å². The van der Waals surface area contributed by atoms with Gasteiger partial charge in [-0.2, -0.15) is 0 Å². The van der Waals surface area contributed by atoms with Crippen molar-refractivity contribution in [1.82, 2.24) is 4.98 Å². The van der Waals surface area contributed by atoms with Gasteiger partial charge in [-0.15, -0.1) is 0 Å². The molecule has 0 saturated carbocycles. The molecule has 3 rings (SSSR count). The van der Waals surface area contributed by atoms with Gasteiger partial charge in [-0.05, 0) is 49.8 Å². The largest absolute Gasteiger partial charge is 0.488 e. The third kappa shape index (κ3) is 4.06. The third-order valence-electron chi connectivity index (χ3n) is 3.87. The zero-order valence-corrected chi connectivity index (χ0v) is 14.9. The molecular formula is C21H18ClNO2. The minimum Gasteiger partial charge on any atom is -0.488 e. The highest BCUT2D eigenvalue weighted by molar-refractivity contribution is 6.31. The van der Waals surface area contributed by atoms with Crippen LogP contribution in [0.5, 0.6) is 5.75 Å². The van der Waals surface area contributed by atoms with E-state index < -0.39 is 0 Å². The van der Waals surface area contributed by atoms with Gasteiger partial charge in [0.2, 0.25) is 0 Å². The molecule has 2 aromatic carbocycles. The number of allylic oxidation sites excluding steroid dienone is 1. The molecule has 0 amide bonds. The van der Waals surface area contributed by atoms with Crippen LogP contribution >= 0.6 is 11.6 Å². The highest BCUT2D eigenvalue weighted by Crippen LogP contribution is 2.33. The highest BCUT2D eigenvalue weighted by atomic mass is 35.5. The zero-order valence-electron chi connectivity index (χ0n) is 14.1. The SMILES string of the molecule is CC(=O)C=Cc1nc2ccc(Cl)cc2c(OCc2ccccc2)c1C. The van der Waals surface area contributed by atoms with Gasteiger partial charge in [0.15, 0.2) is 5.78 Å². The fourth-order valence-corrected chi connectivity index (χ4v) is 2.77. The number of nitrogens with zero attached hydrogens (tertiary/aromatic N) is 1. The van der Waals surface area contributed by atoms with Crippen LogP contribution in [0.2, 0.25) is 5.02 Å². The second kappa shape index (κ2) is 7.49. The first kappa shape index (κ1) is 17.2. The van der Waals surface area contributed by atoms with Gasteiger partial charge in [0.1, 0.15) is 12.4 Å². The number of halogens is 1. The van der Waals surface area contributed by atoms with E-state index in [-0.39, 0.29) is 5.78 Å². The lowest BCUT2D eigenvalue weighted by molar-refractivity contribution is -0.112. The Kier molecular flexibility index (Phi) is 5.15. The van der Waals surface area contributed by atoms with E-state index in [0.717, 1.165) is 27.8 Å². The Bertz CT molecular complexity index is 949. The van der Waals surface area contributed by atoms with Crippen LogP contribution in [-0.2, 0) is 11.4 Å². The topological polar surface area (TPSA) is 39.2 Å². The first-order valence-corrected chi connectivity index (χ1v) is 8.37. The predicted octanol–water partition coefficient (Wildman–Crippen LogP) is 5.38. The van der Waals surface area contributed by atoms with E-state index >= 15 is 0 Å². The molecule has 0 aliphatic carbocycles. The summed E-state index contributed by atoms with van der Waals surface area (Å²) >= 11 is 6.16. The van der Waals surface area contributed by atoms with Crippen molar-refractivity contribution in [3.05, 3.63) is 76.5 Å². The number of fused-ring (bicyclic) bond motifs is 1. The molecule has 25 heavy (non-hydrogen) atoms. The molecule has 1 aromatic heterocycles. The molecule has 1 heterocycles. The second-order valence-corrected chi connectivity index (χ2v) is 6.27. The Morgan fingerprint density at radius 1 is 1.20 bits per heavy atom. The first-order valence-electron chi connectivity index (χ1n) is 8.00. The Balaban J connectivity index is 2.07. The zero-order chi connectivity index (χ0) is 17.8. The summed E-state index contributed by atoms with van der Waals surface area (Å²) < 4.78 is 6.12. The number of ether oxygens (including phenoxy) is 1. The summed E-state index contributed by atoms with van der Waals surface area (Å²) in [7, 11) is 0. The first-order chi connectivity index (χ1) is 12.0. The van der Waals surface area contributed by atoms with E-state index in [1.54, 1.807) is 12.1 Å². The fourth-order valence-electron chi connectivity index (χ4n) is 2.59. The van der Waals surface area contributed by atoms with Gasteiger partial charge in [0.05, 0.1) is 11.2 Å². The number of carbonyl (C=O) groups excluding carboxylic acids is 1. The number of hydrogen-bond acceptors (Lipinski definition) is 3. The molecule has 0 radical (unpaired) electrons. The van der Waals surface area contributed by atoms with Gasteiger partial charge in [-0.3, -0.25) is 4.79 Å². The van der Waals surface area contributed by atoms with Crippen LogP contribution in [-0.4, -0.2) is 10.8 Å². The van der Waals surface area contributed by atoms with Crippen molar-refractivity contribution in [3.63, 3.8) is 0 Å². The van der Waals surface area contributed by atoms with Crippen LogP contribution in [0.3, 0.4) is 0 Å². The second-order valence-electron chi connectivity index (χ2n) is 5.83. The lowest BCUT2D eigenvalue weighted by Gasteiger charge is -2.14. The minimum atomic E-state index is -0.0239. The van der Waals surface area contributed by atoms with E-state index in [2.05, 4.69) is 4.98 Å². The normalized spacial score (nSPS) is 11.2. The number of benzene rings is 2. The fraction of sp³-hybridized carbons (Fsp3) is 0.143. The standard InChI is InChI=1S/C21H18ClNO2/c1-14(24)8-10-19-15(2)21(25-13-16-6-4-3-5-7-16)18-12-17(22)9-11-20(18)23-19/h3-12H,13H2,1-2H3. The molecule has 0 saturated heterocycles. The van der Waals surface area contributed by atoms with E-state index in [1.165, 1.54) is 13.0 Å². The maximum Gasteiger partial charge on any atom is 0.152 e. The molecule has 0 aliphatic heterocycles. The van der Waals surface area contributed by atoms with Crippen molar-refractivity contribution in [2.24, 2.45) is 0 Å². The molecule has 0 spiro atoms. The lowest BCUT2D eigenvalue weighted by Crippen LogP contribution is -2.01. The van der Waals surface area contributed by atoms with Crippen molar-refractivity contribution < 1.29 is 9.53 Å². The summed E-state index contributed by atoms with van der Waals surface area (Å²) in [5.74, 6) is 0.712. The molecule has 0 unspecified atom stereocenters. The van der Waals surface area contributed by atoms with Gasteiger partial charge < -0.3 is 4.74 Å². The van der Waals surface area contributed by atoms with Crippen LogP contribution in [0.15, 0.2) is 54.6 Å². The average molecular weight is 352 g/mol. The smallest absolute Gasteiger partial charge is 0.152 e. The number of carbonyl (C=O) groups is 1. The summed E-state index contributed by atoms with van der Waals surface area (Å²) in [6, 6.07) is 15.5. The van der Waals surface area contributed by atoms with Crippen molar-refractivity contribution in [2.45, 2.75) is 20.5 Å². The number of hydrogen-bond donors (Lipinski definition) is 0. The lowest BCUT2D eigenvalue weighted by atomic mass is 10.1. The summed E-state index contributed by atoms with van der Waals surface area (Å²) in [6.45, 7) is 3.90. The Morgan fingerprint density at radius 2 is 1.96 bits per heavy atom. The summed E-state index contributed by atoms with van der Waals surface area (Å²) in [4.78, 5) is 15.9. The van der Waals surface area contributed by atoms with Gasteiger partial charge in [0.25, 0.3) is 0 Å². The molecule has 126 valence electrons. The molecule has 0 atom stereocenters. The summed E-state index contributed by atoms with van der Waals surface area (Å²) in [5.41, 5.74) is 3.45. The number of aromatic nitrogens is 1. The highest BCUT2D eigenvalue weighted by Gasteiger charge is 2.13. The van der Waals surface area contributed by atoms with E-state index in [4.69, 9.17) is 16.3 Å². The van der Waals surface area contributed by atoms with Crippen LogP contribution in [0.25, 0.3) is 17.0 Å². The maximum absolute atomic E-state index is 11.3. The number of pyridine rings is 1. The van der Waals surface area contributed by atoms with Crippen LogP contribution < -0.4 is 4.74 Å². The summed E-state index contributed by atoms with van der Waals surface area (Å²) in [6.07, 6.45) is 3.24. The van der Waals surface area contributed by atoms with E-state index in [1.807, 2.05) is 49.4 Å². The van der Waals surface area contributed by atoms with Gasteiger partial charge in [-0.25, -0.2) is 4.98 Å². The third-order valence-corrected chi connectivity index (χ3v) is 4.11. The van der Waals surface area contributed by atoms with Crippen molar-refractivity contribution in [3.8, 4) is 5.75 Å². The molecular weight excluding hydrogens is 334 g/mol. The average Bonchev–Trinajstić information content (AvgIpc) is 2.60. The Hall–Kier alpha value is -2.65. The minimum absolute atomic E-state index is 0.0239. The van der Waals surface area contributed by atoms with Gasteiger partial charge in [-0.1, -0.05) is 41.9 Å². The van der Waals surface area contributed by atoms with Crippen molar-refractivity contribution in [2.75, 3.05) is 0 Å². The number of rotatable bonds is 5. The monoisotopic (exact) mass is 351 g/mol. The van der Waals surface area contributed by atoms with Crippen LogP contribution in [0.4, 0.5) is 0 Å². The van der Waals surface area contributed by atoms with Crippen LogP contribution in [0, 0.1) is 6.92 Å². The Morgan fingerprint density at radius 3 is 2.68 bits per heavy atom. The molecule has 3 aromatic rings. The molecule has 4 heteroatoms. The molecule has 0 aliphatic rings. The van der Waals surface area contributed by atoms with Gasteiger partial charge >= 0.3 is 0 Å². The number of ketones is 1.